The minimum Gasteiger partial charge on any atom is -0.490 e. The molecule has 0 bridgehead atoms. The maximum Gasteiger partial charge on any atom is 0.344 e. The molecule has 12 heteroatoms. The predicted molar refractivity (Wildman–Crippen MR) is 125 cm³/mol. The molecule has 0 aliphatic carbocycles. The molecular weight excluding hydrogens is 446 g/mol. The zero-order valence-corrected chi connectivity index (χ0v) is 19.4. The Labute approximate surface area is 192 Å². The van der Waals surface area contributed by atoms with Crippen molar-refractivity contribution < 1.29 is 23.3 Å². The standard InChI is InChI=1S/C21H27N7O4S/c1-21(2,13-32-16-5-3-4-15-18(16)19(22)27-33(30,31)26-15)25-20(29)14-6-7-24-17(12-14)28-10-8-23-9-11-28/h3-7,12,23,26H,8-11,13H2,1-2H3,(H2,22,27)(H,25,29)/p+1. The second-order valence-corrected chi connectivity index (χ2v) is 9.95. The number of nitrogens with one attached hydrogen (secondary N) is 2. The molecule has 6 N–H and O–H groups in total. The van der Waals surface area contributed by atoms with Gasteiger partial charge in [-0.1, -0.05) is 6.07 Å². The number of piperazine rings is 1. The summed E-state index contributed by atoms with van der Waals surface area (Å²) in [4.78, 5) is 19.5. The molecule has 0 unspecified atom stereocenters. The number of anilines is 2. The lowest BCUT2D eigenvalue weighted by atomic mass is 10.1. The fourth-order valence-corrected chi connectivity index (χ4v) is 4.57. The van der Waals surface area contributed by atoms with Crippen molar-refractivity contribution in [1.82, 2.24) is 10.3 Å². The molecule has 33 heavy (non-hydrogen) atoms. The lowest BCUT2D eigenvalue weighted by molar-refractivity contribution is -0.655. The van der Waals surface area contributed by atoms with Gasteiger partial charge in [0.2, 0.25) is 0 Å². The van der Waals surface area contributed by atoms with E-state index in [1.165, 1.54) is 0 Å². The molecule has 4 rings (SSSR count). The van der Waals surface area contributed by atoms with Gasteiger partial charge < -0.3 is 26.0 Å². The Morgan fingerprint density at radius 3 is 2.82 bits per heavy atom. The molecule has 3 heterocycles. The Morgan fingerprint density at radius 2 is 2.06 bits per heavy atom. The number of amides is 1. The molecule has 0 atom stereocenters. The summed E-state index contributed by atoms with van der Waals surface area (Å²) in [6, 6.07) is 8.38. The number of quaternary nitrogens is 1. The highest BCUT2D eigenvalue weighted by Gasteiger charge is 2.27. The van der Waals surface area contributed by atoms with Gasteiger partial charge in [-0.2, -0.15) is 8.42 Å². The van der Waals surface area contributed by atoms with Crippen molar-refractivity contribution in [2.24, 2.45) is 10.1 Å². The van der Waals surface area contributed by atoms with Crippen LogP contribution in [0.15, 0.2) is 40.9 Å². The summed E-state index contributed by atoms with van der Waals surface area (Å²) < 4.78 is 35.3. The summed E-state index contributed by atoms with van der Waals surface area (Å²) >= 11 is 0. The van der Waals surface area contributed by atoms with Gasteiger partial charge in [0.25, 0.3) is 5.91 Å². The summed E-state index contributed by atoms with van der Waals surface area (Å²) in [5.41, 5.74) is 6.31. The zero-order valence-electron chi connectivity index (χ0n) is 18.5. The SMILES string of the molecule is CC(C)(COc1cccc2c1C(N)=NS(=O)(=O)N2)NC(=O)c1ccnc(N2CC[NH2+]CC2)c1. The number of benzene rings is 1. The summed E-state index contributed by atoms with van der Waals surface area (Å²) in [6.07, 6.45) is 1.64. The highest BCUT2D eigenvalue weighted by Crippen LogP contribution is 2.31. The van der Waals surface area contributed by atoms with Crippen LogP contribution in [0.1, 0.15) is 29.8 Å². The molecule has 2 aromatic rings. The number of nitrogens with zero attached hydrogens (tertiary/aromatic N) is 3. The van der Waals surface area contributed by atoms with Gasteiger partial charge in [-0.15, -0.1) is 4.40 Å². The predicted octanol–water partition coefficient (Wildman–Crippen LogP) is -0.572. The van der Waals surface area contributed by atoms with E-state index in [2.05, 4.69) is 29.6 Å². The van der Waals surface area contributed by atoms with Gasteiger partial charge in [0.1, 0.15) is 18.2 Å². The number of amidine groups is 1. The topological polar surface area (TPSA) is 156 Å². The molecule has 0 spiro atoms. The summed E-state index contributed by atoms with van der Waals surface area (Å²) in [6.45, 7) is 7.58. The van der Waals surface area contributed by atoms with Crippen LogP contribution in [0.2, 0.25) is 0 Å². The molecule has 1 fully saturated rings. The molecule has 176 valence electrons. The number of aromatic nitrogens is 1. The maximum absolute atomic E-state index is 12.9. The lowest BCUT2D eigenvalue weighted by Crippen LogP contribution is -2.89. The van der Waals surface area contributed by atoms with Crippen molar-refractivity contribution in [3.63, 3.8) is 0 Å². The van der Waals surface area contributed by atoms with Crippen LogP contribution in [-0.4, -0.2) is 63.5 Å². The maximum atomic E-state index is 12.9. The Balaban J connectivity index is 1.44. The fourth-order valence-electron chi connectivity index (χ4n) is 3.72. The number of hydrogen-bond acceptors (Lipinski definition) is 7. The Kier molecular flexibility index (Phi) is 6.13. The highest BCUT2D eigenvalue weighted by atomic mass is 32.2. The molecular formula is C21H28N7O4S+. The first kappa shape index (κ1) is 22.8. The first-order valence-electron chi connectivity index (χ1n) is 10.6. The van der Waals surface area contributed by atoms with Gasteiger partial charge in [0.05, 0.1) is 43.0 Å². The number of rotatable bonds is 6. The Morgan fingerprint density at radius 1 is 1.30 bits per heavy atom. The number of nitrogens with two attached hydrogens (primary N) is 2. The van der Waals surface area contributed by atoms with Gasteiger partial charge >= 0.3 is 10.2 Å². The molecule has 1 amide bonds. The average molecular weight is 475 g/mol. The van der Waals surface area contributed by atoms with E-state index in [4.69, 9.17) is 10.5 Å². The van der Waals surface area contributed by atoms with Crippen molar-refractivity contribution in [1.29, 1.82) is 0 Å². The molecule has 2 aliphatic heterocycles. The van der Waals surface area contributed by atoms with Gasteiger partial charge in [-0.05, 0) is 38.1 Å². The largest absolute Gasteiger partial charge is 0.490 e. The van der Waals surface area contributed by atoms with E-state index in [1.54, 1.807) is 36.5 Å². The quantitative estimate of drug-likeness (QED) is 0.437. The van der Waals surface area contributed by atoms with E-state index >= 15 is 0 Å². The third-order valence-electron chi connectivity index (χ3n) is 5.32. The molecule has 2 aliphatic rings. The number of carbonyl (C=O) groups is 1. The zero-order chi connectivity index (χ0) is 23.6. The van der Waals surface area contributed by atoms with E-state index in [9.17, 15) is 13.2 Å². The Hall–Kier alpha value is -3.38. The third-order valence-corrected chi connectivity index (χ3v) is 6.23. The smallest absolute Gasteiger partial charge is 0.344 e. The second kappa shape index (κ2) is 8.87. The number of ether oxygens (including phenoxy) is 1. The number of carbonyl (C=O) groups excluding carboxylic acids is 1. The molecule has 0 saturated carbocycles. The minimum absolute atomic E-state index is 0.120. The van der Waals surface area contributed by atoms with Crippen LogP contribution in [-0.2, 0) is 10.2 Å². The van der Waals surface area contributed by atoms with Gasteiger partial charge in [0.15, 0.2) is 5.84 Å². The van der Waals surface area contributed by atoms with Gasteiger partial charge in [-0.3, -0.25) is 9.52 Å². The Bertz CT molecular complexity index is 1190. The molecule has 11 nitrogen and oxygen atoms in total. The molecule has 1 aromatic heterocycles. The van der Waals surface area contributed by atoms with Crippen LogP contribution in [0.4, 0.5) is 11.5 Å². The number of pyridine rings is 1. The fraction of sp³-hybridized carbons (Fsp3) is 0.381. The van der Waals surface area contributed by atoms with E-state index in [0.717, 1.165) is 32.0 Å². The molecule has 1 saturated heterocycles. The van der Waals surface area contributed by atoms with E-state index in [-0.39, 0.29) is 18.3 Å². The normalized spacial score (nSPS) is 17.4. The lowest BCUT2D eigenvalue weighted by Gasteiger charge is -2.28. The number of fused-ring (bicyclic) bond motifs is 1. The van der Waals surface area contributed by atoms with Gasteiger partial charge in [-0.25, -0.2) is 4.98 Å². The van der Waals surface area contributed by atoms with E-state index < -0.39 is 15.7 Å². The van der Waals surface area contributed by atoms with Crippen LogP contribution in [0.3, 0.4) is 0 Å². The third kappa shape index (κ3) is 5.34. The average Bonchev–Trinajstić information content (AvgIpc) is 2.77. The minimum atomic E-state index is -3.87. The van der Waals surface area contributed by atoms with Crippen LogP contribution in [0.5, 0.6) is 5.75 Å². The van der Waals surface area contributed by atoms with Crippen molar-refractivity contribution in [3.05, 3.63) is 47.7 Å². The van der Waals surface area contributed by atoms with Gasteiger partial charge in [0, 0.05) is 11.8 Å². The molecule has 1 aromatic carbocycles. The van der Waals surface area contributed by atoms with Crippen LogP contribution in [0.25, 0.3) is 0 Å². The monoisotopic (exact) mass is 474 g/mol. The number of hydrogen-bond donors (Lipinski definition) is 4. The van der Waals surface area contributed by atoms with Crippen molar-refractivity contribution in [2.45, 2.75) is 19.4 Å². The van der Waals surface area contributed by atoms with Crippen molar-refractivity contribution in [2.75, 3.05) is 42.4 Å². The van der Waals surface area contributed by atoms with Crippen molar-refractivity contribution >= 4 is 33.5 Å². The summed E-state index contributed by atoms with van der Waals surface area (Å²) in [5.74, 6) is 0.769. The van der Waals surface area contributed by atoms with Crippen LogP contribution >= 0.6 is 0 Å². The summed E-state index contributed by atoms with van der Waals surface area (Å²) in [5, 5.41) is 5.25. The van der Waals surface area contributed by atoms with Crippen LogP contribution in [0, 0.1) is 0 Å². The van der Waals surface area contributed by atoms with Crippen LogP contribution < -0.4 is 30.7 Å². The first-order valence-corrected chi connectivity index (χ1v) is 12.1. The summed E-state index contributed by atoms with van der Waals surface area (Å²) in [7, 11) is -3.87. The van der Waals surface area contributed by atoms with E-state index in [0.29, 0.717) is 22.6 Å². The second-order valence-electron chi connectivity index (χ2n) is 8.61. The highest BCUT2D eigenvalue weighted by molar-refractivity contribution is 7.91. The van der Waals surface area contributed by atoms with E-state index in [1.807, 2.05) is 13.8 Å². The van der Waals surface area contributed by atoms with Crippen molar-refractivity contribution in [3.8, 4) is 5.75 Å². The molecule has 0 radical (unpaired) electrons. The first-order chi connectivity index (χ1) is 15.6.